The molecule has 0 aromatic rings. The number of halogens is 1. The monoisotopic (exact) mass is 418 g/mol. The van der Waals surface area contributed by atoms with Crippen LogP contribution in [0.5, 0.6) is 0 Å². The average Bonchev–Trinajstić information content (AvgIpc) is 2.43. The summed E-state index contributed by atoms with van der Waals surface area (Å²) in [5.41, 5.74) is 1.70. The second-order valence-electron chi connectivity index (χ2n) is 8.02. The minimum atomic E-state index is -1.49. The molecule has 0 saturated carbocycles. The molecule has 6 heteroatoms. The van der Waals surface area contributed by atoms with Crippen LogP contribution in [0.1, 0.15) is 40.5 Å². The van der Waals surface area contributed by atoms with Crippen LogP contribution in [-0.2, 0) is 19.1 Å². The minimum Gasteiger partial charge on any atom is -0.469 e. The Balaban J connectivity index is 5.39. The third-order valence-electron chi connectivity index (χ3n) is 3.57. The maximum Gasteiger partial charge on any atom is 0.311 e. The molecule has 138 valence electrons. The van der Waals surface area contributed by atoms with Gasteiger partial charge in [-0.25, -0.2) is 0 Å². The van der Waals surface area contributed by atoms with E-state index in [9.17, 15) is 9.59 Å². The molecule has 0 aliphatic carbocycles. The van der Waals surface area contributed by atoms with Crippen molar-refractivity contribution >= 4 is 35.9 Å². The Morgan fingerprint density at radius 2 is 1.71 bits per heavy atom. The molecule has 0 aromatic carbocycles. The molecule has 0 rings (SSSR count). The van der Waals surface area contributed by atoms with Crippen molar-refractivity contribution < 1.29 is 19.1 Å². The van der Waals surface area contributed by atoms with E-state index in [4.69, 9.17) is 9.47 Å². The highest BCUT2D eigenvalue weighted by atomic mass is 79.9. The molecule has 2 atom stereocenters. The molecule has 0 spiro atoms. The van der Waals surface area contributed by atoms with Crippen LogP contribution in [0.15, 0.2) is 0 Å². The molecule has 0 saturated heterocycles. The van der Waals surface area contributed by atoms with Crippen molar-refractivity contribution in [2.24, 2.45) is 10.8 Å². The predicted octanol–water partition coefficient (Wildman–Crippen LogP) is 4.18. The van der Waals surface area contributed by atoms with E-state index >= 15 is 0 Å². The van der Waals surface area contributed by atoms with E-state index in [1.807, 2.05) is 6.92 Å². The highest BCUT2D eigenvalue weighted by Crippen LogP contribution is 2.40. The van der Waals surface area contributed by atoms with Gasteiger partial charge in [0.25, 0.3) is 0 Å². The molecule has 24 heavy (non-hydrogen) atoms. The highest BCUT2D eigenvalue weighted by Gasteiger charge is 2.44. The number of alkyl halides is 1. The van der Waals surface area contributed by atoms with Gasteiger partial charge in [-0.05, 0) is 40.5 Å². The lowest BCUT2D eigenvalue weighted by Crippen LogP contribution is -2.40. The van der Waals surface area contributed by atoms with Crippen molar-refractivity contribution in [2.75, 3.05) is 13.7 Å². The maximum absolute atomic E-state index is 12.4. The van der Waals surface area contributed by atoms with Crippen LogP contribution in [0.25, 0.3) is 0 Å². The van der Waals surface area contributed by atoms with Crippen molar-refractivity contribution in [1.82, 2.24) is 0 Å². The van der Waals surface area contributed by atoms with Crippen molar-refractivity contribution in [3.05, 3.63) is 0 Å². The van der Waals surface area contributed by atoms with Gasteiger partial charge < -0.3 is 9.47 Å². The Kier molecular flexibility index (Phi) is 8.75. The number of carbonyl (C=O) groups is 2. The molecule has 0 aromatic heterocycles. The average molecular weight is 419 g/mol. The van der Waals surface area contributed by atoms with Crippen LogP contribution in [-0.4, -0.2) is 38.6 Å². The summed E-state index contributed by atoms with van der Waals surface area (Å²) in [6, 6.07) is 0. The topological polar surface area (TPSA) is 52.6 Å². The smallest absolute Gasteiger partial charge is 0.311 e. The molecule has 0 N–H and O–H groups in total. The van der Waals surface area contributed by atoms with E-state index in [-0.39, 0.29) is 16.8 Å². The fourth-order valence-corrected chi connectivity index (χ4v) is 4.24. The number of carbonyl (C=O) groups excluding carboxylic acids is 2. The molecular formula is C18H31BrO4Si. The molecule has 0 aliphatic heterocycles. The quantitative estimate of drug-likeness (QED) is 0.269. The molecule has 4 nitrogen and oxygen atoms in total. The van der Waals surface area contributed by atoms with Crippen molar-refractivity contribution in [2.45, 2.75) is 65.0 Å². The van der Waals surface area contributed by atoms with E-state index in [1.165, 1.54) is 7.11 Å². The van der Waals surface area contributed by atoms with Gasteiger partial charge in [0.15, 0.2) is 0 Å². The zero-order valence-electron chi connectivity index (χ0n) is 16.2. The second kappa shape index (κ2) is 9.05. The summed E-state index contributed by atoms with van der Waals surface area (Å²) in [5.74, 6) is 2.56. The highest BCUT2D eigenvalue weighted by molar-refractivity contribution is 9.09. The lowest BCUT2D eigenvalue weighted by molar-refractivity contribution is -0.161. The summed E-state index contributed by atoms with van der Waals surface area (Å²) in [6.45, 7) is 14.0. The van der Waals surface area contributed by atoms with Gasteiger partial charge in [-0.1, -0.05) is 41.5 Å². The summed E-state index contributed by atoms with van der Waals surface area (Å²) >= 11 is 3.56. The van der Waals surface area contributed by atoms with Gasteiger partial charge >= 0.3 is 11.9 Å². The van der Waals surface area contributed by atoms with Gasteiger partial charge in [-0.2, -0.15) is 0 Å². The first-order valence-electron chi connectivity index (χ1n) is 8.20. The Bertz CT molecular complexity index is 513. The molecule has 0 aliphatic rings. The summed E-state index contributed by atoms with van der Waals surface area (Å²) in [4.78, 5) is 24.4. The van der Waals surface area contributed by atoms with Crippen LogP contribution >= 0.6 is 15.9 Å². The third kappa shape index (κ3) is 7.85. The fourth-order valence-electron chi connectivity index (χ4n) is 2.59. The summed E-state index contributed by atoms with van der Waals surface area (Å²) in [7, 11) is -0.118. The van der Waals surface area contributed by atoms with E-state index < -0.39 is 18.9 Å². The predicted molar refractivity (Wildman–Crippen MR) is 104 cm³/mol. The van der Waals surface area contributed by atoms with Crippen molar-refractivity contribution in [3.63, 3.8) is 0 Å². The van der Waals surface area contributed by atoms with Crippen LogP contribution in [0.3, 0.4) is 0 Å². The van der Waals surface area contributed by atoms with E-state index in [1.54, 1.807) is 20.8 Å². The number of methoxy groups -OCH3 is 1. The first-order valence-corrected chi connectivity index (χ1v) is 12.6. The largest absolute Gasteiger partial charge is 0.469 e. The zero-order valence-corrected chi connectivity index (χ0v) is 18.8. The lowest BCUT2D eigenvalue weighted by Gasteiger charge is -2.34. The molecule has 0 bridgehead atoms. The Labute approximate surface area is 156 Å². The van der Waals surface area contributed by atoms with E-state index in [0.717, 1.165) is 0 Å². The van der Waals surface area contributed by atoms with E-state index in [0.29, 0.717) is 19.4 Å². The number of hydrogen-bond acceptors (Lipinski definition) is 4. The second-order valence-corrected chi connectivity index (χ2v) is 13.9. The number of rotatable bonds is 7. The molecule has 0 amide bonds. The third-order valence-corrected chi connectivity index (χ3v) is 5.02. The van der Waals surface area contributed by atoms with E-state index in [2.05, 4.69) is 47.0 Å². The first kappa shape index (κ1) is 23.2. The van der Waals surface area contributed by atoms with Crippen molar-refractivity contribution in [1.29, 1.82) is 0 Å². The van der Waals surface area contributed by atoms with Crippen LogP contribution in [0.2, 0.25) is 19.6 Å². The molecule has 0 fully saturated rings. The van der Waals surface area contributed by atoms with Gasteiger partial charge in [0, 0.05) is 0 Å². The molecule has 2 unspecified atom stereocenters. The van der Waals surface area contributed by atoms with Gasteiger partial charge in [-0.3, -0.25) is 9.59 Å². The van der Waals surface area contributed by atoms with Crippen LogP contribution < -0.4 is 0 Å². The molecule has 0 heterocycles. The Morgan fingerprint density at radius 3 is 2.12 bits per heavy atom. The van der Waals surface area contributed by atoms with Gasteiger partial charge in [0.1, 0.15) is 8.07 Å². The van der Waals surface area contributed by atoms with Gasteiger partial charge in [-0.15, -0.1) is 5.54 Å². The first-order chi connectivity index (χ1) is 10.8. The fraction of sp³-hybridized carbons (Fsp3) is 0.778. The van der Waals surface area contributed by atoms with Crippen LogP contribution in [0.4, 0.5) is 0 Å². The summed E-state index contributed by atoms with van der Waals surface area (Å²) in [5, 5.41) is 0. The zero-order chi connectivity index (χ0) is 19.2. The van der Waals surface area contributed by atoms with Crippen LogP contribution in [0, 0.1) is 22.3 Å². The number of ether oxygens (including phenoxy) is 2. The number of esters is 2. The van der Waals surface area contributed by atoms with Crippen molar-refractivity contribution in [3.8, 4) is 11.5 Å². The maximum atomic E-state index is 12.4. The normalized spacial score (nSPS) is 15.5. The summed E-state index contributed by atoms with van der Waals surface area (Å²) < 4.78 is 10.1. The standard InChI is InChI=1S/C18H31BrO4Si/c1-9-23-15(20)17(2,3)13-18(4,16(21)22-5)12-14(19)10-11-24(6,7)8/h14H,9,12-13H2,1-8H3. The van der Waals surface area contributed by atoms with Gasteiger partial charge in [0.2, 0.25) is 0 Å². The molecular weight excluding hydrogens is 388 g/mol. The Morgan fingerprint density at radius 1 is 1.17 bits per heavy atom. The molecule has 0 radical (unpaired) electrons. The lowest BCUT2D eigenvalue weighted by atomic mass is 9.71. The SMILES string of the molecule is CCOC(=O)C(C)(C)CC(C)(CC(Br)C#C[Si](C)(C)C)C(=O)OC. The van der Waals surface area contributed by atoms with Gasteiger partial charge in [0.05, 0.1) is 29.4 Å². The number of hydrogen-bond donors (Lipinski definition) is 0. The Hall–Kier alpha value is -0.803. The summed E-state index contributed by atoms with van der Waals surface area (Å²) in [6.07, 6.45) is 0.808. The minimum absolute atomic E-state index is 0.133.